The zero-order chi connectivity index (χ0) is 27.1. The van der Waals surface area contributed by atoms with E-state index in [0.717, 1.165) is 11.1 Å². The SMILES string of the molecule is Cc1cc(CC(=O)N2CC(=O)NCCCc3cc(ccc3C)C(=O)N[C@@H]([C@@H](C)O)C(=O)N[C@H](C)C2)on1. The van der Waals surface area contributed by atoms with Crippen LogP contribution in [0.2, 0.25) is 0 Å². The summed E-state index contributed by atoms with van der Waals surface area (Å²) >= 11 is 0. The summed E-state index contributed by atoms with van der Waals surface area (Å²) in [5.41, 5.74) is 2.95. The number of aliphatic hydroxyl groups is 1. The van der Waals surface area contributed by atoms with E-state index in [9.17, 15) is 24.3 Å². The van der Waals surface area contributed by atoms with Gasteiger partial charge in [-0.25, -0.2) is 0 Å². The molecule has 1 aliphatic rings. The van der Waals surface area contributed by atoms with Crippen molar-refractivity contribution in [2.45, 2.75) is 65.1 Å². The van der Waals surface area contributed by atoms with Crippen LogP contribution in [0.1, 0.15) is 53.2 Å². The number of aryl methyl sites for hydroxylation is 3. The van der Waals surface area contributed by atoms with E-state index in [2.05, 4.69) is 21.1 Å². The molecule has 1 aliphatic heterocycles. The molecule has 2 heterocycles. The van der Waals surface area contributed by atoms with Crippen molar-refractivity contribution in [2.75, 3.05) is 19.6 Å². The summed E-state index contributed by atoms with van der Waals surface area (Å²) in [6.07, 6.45) is 0.00501. The minimum atomic E-state index is -1.21. The molecule has 0 fully saturated rings. The third kappa shape index (κ3) is 7.88. The summed E-state index contributed by atoms with van der Waals surface area (Å²) in [6, 6.07) is 5.12. The van der Waals surface area contributed by atoms with Crippen LogP contribution >= 0.6 is 0 Å². The minimum Gasteiger partial charge on any atom is -0.391 e. The zero-order valence-electron chi connectivity index (χ0n) is 21.7. The van der Waals surface area contributed by atoms with E-state index in [1.54, 1.807) is 32.0 Å². The first-order chi connectivity index (χ1) is 17.5. The number of nitrogens with zero attached hydrogens (tertiary/aromatic N) is 2. The van der Waals surface area contributed by atoms with Crippen LogP contribution in [0.25, 0.3) is 0 Å². The van der Waals surface area contributed by atoms with Crippen molar-refractivity contribution in [3.8, 4) is 0 Å². The summed E-state index contributed by atoms with van der Waals surface area (Å²) in [5.74, 6) is -1.40. The molecule has 2 aromatic rings. The number of aromatic nitrogens is 1. The number of rotatable bonds is 3. The number of nitrogens with one attached hydrogen (secondary N) is 3. The van der Waals surface area contributed by atoms with Gasteiger partial charge in [-0.3, -0.25) is 19.2 Å². The number of carbonyl (C=O) groups excluding carboxylic acids is 4. The molecular weight excluding hydrogens is 478 g/mol. The molecule has 4 N–H and O–H groups in total. The number of carbonyl (C=O) groups is 4. The minimum absolute atomic E-state index is 0.0333. The highest BCUT2D eigenvalue weighted by Gasteiger charge is 2.29. The molecule has 3 rings (SSSR count). The summed E-state index contributed by atoms with van der Waals surface area (Å²) in [6.45, 7) is 7.00. The maximum atomic E-state index is 13.0. The zero-order valence-corrected chi connectivity index (χ0v) is 21.7. The van der Waals surface area contributed by atoms with Crippen molar-refractivity contribution in [3.63, 3.8) is 0 Å². The highest BCUT2D eigenvalue weighted by molar-refractivity contribution is 5.98. The van der Waals surface area contributed by atoms with Crippen LogP contribution in [0, 0.1) is 13.8 Å². The molecule has 0 aliphatic carbocycles. The summed E-state index contributed by atoms with van der Waals surface area (Å²) in [5, 5.41) is 22.2. The Hall–Kier alpha value is -3.73. The Balaban J connectivity index is 1.83. The second-order valence-corrected chi connectivity index (χ2v) is 9.58. The van der Waals surface area contributed by atoms with Crippen LogP contribution in [0.4, 0.5) is 0 Å². The van der Waals surface area contributed by atoms with Gasteiger partial charge in [0, 0.05) is 30.8 Å². The Morgan fingerprint density at radius 3 is 2.65 bits per heavy atom. The van der Waals surface area contributed by atoms with Crippen molar-refractivity contribution in [3.05, 3.63) is 52.4 Å². The number of benzene rings is 1. The van der Waals surface area contributed by atoms with E-state index in [4.69, 9.17) is 4.52 Å². The number of hydrogen-bond acceptors (Lipinski definition) is 7. The largest absolute Gasteiger partial charge is 0.391 e. The van der Waals surface area contributed by atoms with Crippen molar-refractivity contribution in [1.29, 1.82) is 0 Å². The average molecular weight is 514 g/mol. The quantitative estimate of drug-likeness (QED) is 0.464. The first kappa shape index (κ1) is 27.9. The van der Waals surface area contributed by atoms with Gasteiger partial charge in [0.2, 0.25) is 17.7 Å². The lowest BCUT2D eigenvalue weighted by molar-refractivity contribution is -0.136. The standard InChI is InChI=1S/C26H35N5O6/c1-15-7-8-20-11-19(15)6-5-9-27-22(33)14-31(23(34)12-21-10-16(2)30-37-21)13-17(3)28-26(36)24(18(4)32)29-25(20)35/h7-8,10-11,17-18,24,32H,5-6,9,12-14H2,1-4H3,(H,27,33)(H,28,36)(H,29,35)/t17-,18-,24+/m1/s1. The third-order valence-electron chi connectivity index (χ3n) is 6.18. The molecule has 1 aromatic carbocycles. The van der Waals surface area contributed by atoms with Gasteiger partial charge in [0.15, 0.2) is 0 Å². The molecule has 0 unspecified atom stereocenters. The Kier molecular flexibility index (Phi) is 9.40. The molecule has 1 aromatic heterocycles. The smallest absolute Gasteiger partial charge is 0.252 e. The van der Waals surface area contributed by atoms with E-state index in [1.807, 2.05) is 13.0 Å². The normalized spacial score (nSPS) is 20.9. The van der Waals surface area contributed by atoms with Gasteiger partial charge in [-0.05, 0) is 63.8 Å². The van der Waals surface area contributed by atoms with Gasteiger partial charge in [-0.2, -0.15) is 0 Å². The summed E-state index contributed by atoms with van der Waals surface area (Å²) < 4.78 is 5.15. The van der Waals surface area contributed by atoms with Gasteiger partial charge in [-0.15, -0.1) is 0 Å². The van der Waals surface area contributed by atoms with Gasteiger partial charge >= 0.3 is 0 Å². The second-order valence-electron chi connectivity index (χ2n) is 9.58. The van der Waals surface area contributed by atoms with Gasteiger partial charge in [0.1, 0.15) is 11.8 Å². The summed E-state index contributed by atoms with van der Waals surface area (Å²) in [7, 11) is 0. The molecule has 4 amide bonds. The van der Waals surface area contributed by atoms with E-state index in [1.165, 1.54) is 11.8 Å². The fraction of sp³-hybridized carbons (Fsp3) is 0.500. The first-order valence-electron chi connectivity index (χ1n) is 12.4. The van der Waals surface area contributed by atoms with Gasteiger partial charge in [0.05, 0.1) is 24.8 Å². The van der Waals surface area contributed by atoms with Crippen LogP contribution in [-0.4, -0.2) is 76.6 Å². The molecule has 200 valence electrons. The second kappa shape index (κ2) is 12.5. The predicted octanol–water partition coefficient (Wildman–Crippen LogP) is 0.409. The predicted molar refractivity (Wildman–Crippen MR) is 135 cm³/mol. The maximum Gasteiger partial charge on any atom is 0.252 e. The van der Waals surface area contributed by atoms with Crippen molar-refractivity contribution in [2.24, 2.45) is 0 Å². The van der Waals surface area contributed by atoms with E-state index in [0.29, 0.717) is 36.4 Å². The lowest BCUT2D eigenvalue weighted by atomic mass is 10.00. The monoisotopic (exact) mass is 513 g/mol. The van der Waals surface area contributed by atoms with E-state index < -0.39 is 30.0 Å². The van der Waals surface area contributed by atoms with Crippen LogP contribution in [0.5, 0.6) is 0 Å². The van der Waals surface area contributed by atoms with Gasteiger partial charge < -0.3 is 30.5 Å². The first-order valence-corrected chi connectivity index (χ1v) is 12.4. The average Bonchev–Trinajstić information content (AvgIpc) is 3.24. The Morgan fingerprint density at radius 2 is 1.97 bits per heavy atom. The molecule has 37 heavy (non-hydrogen) atoms. The number of aliphatic hydroxyl groups excluding tert-OH is 1. The van der Waals surface area contributed by atoms with Crippen molar-refractivity contribution < 1.29 is 28.8 Å². The van der Waals surface area contributed by atoms with Crippen LogP contribution in [-0.2, 0) is 27.2 Å². The van der Waals surface area contributed by atoms with E-state index in [-0.39, 0.29) is 31.3 Å². The molecule has 11 heteroatoms. The number of amides is 4. The van der Waals surface area contributed by atoms with Gasteiger partial charge in [-0.1, -0.05) is 11.2 Å². The highest BCUT2D eigenvalue weighted by Crippen LogP contribution is 2.14. The van der Waals surface area contributed by atoms with Crippen LogP contribution in [0.15, 0.2) is 28.8 Å². The third-order valence-corrected chi connectivity index (χ3v) is 6.18. The van der Waals surface area contributed by atoms with Crippen molar-refractivity contribution >= 4 is 23.6 Å². The van der Waals surface area contributed by atoms with Gasteiger partial charge in [0.25, 0.3) is 5.91 Å². The topological polar surface area (TPSA) is 154 Å². The van der Waals surface area contributed by atoms with Crippen LogP contribution < -0.4 is 16.0 Å². The molecule has 0 saturated heterocycles. The Bertz CT molecular complexity index is 1140. The Labute approximate surface area is 216 Å². The lowest BCUT2D eigenvalue weighted by Gasteiger charge is -2.28. The molecule has 11 nitrogen and oxygen atoms in total. The fourth-order valence-corrected chi connectivity index (χ4v) is 4.17. The maximum absolute atomic E-state index is 13.0. The molecule has 0 spiro atoms. The fourth-order valence-electron chi connectivity index (χ4n) is 4.17. The highest BCUT2D eigenvalue weighted by atomic mass is 16.5. The Morgan fingerprint density at radius 1 is 1.22 bits per heavy atom. The summed E-state index contributed by atoms with van der Waals surface area (Å²) in [4.78, 5) is 53.0. The van der Waals surface area contributed by atoms with Crippen LogP contribution in [0.3, 0.4) is 0 Å². The number of hydrogen-bond donors (Lipinski definition) is 4. The van der Waals surface area contributed by atoms with Crippen molar-refractivity contribution in [1.82, 2.24) is 26.0 Å². The molecule has 2 bridgehead atoms. The molecule has 0 radical (unpaired) electrons. The molecular formula is C26H35N5O6. The molecule has 3 atom stereocenters. The van der Waals surface area contributed by atoms with E-state index >= 15 is 0 Å². The lowest BCUT2D eigenvalue weighted by Crippen LogP contribution is -2.56. The number of fused-ring (bicyclic) bond motifs is 2. The molecule has 0 saturated carbocycles.